The molecule has 0 unspecified atom stereocenters. The van der Waals surface area contributed by atoms with Crippen LogP contribution in [0.25, 0.3) is 0 Å². The summed E-state index contributed by atoms with van der Waals surface area (Å²) in [6.45, 7) is 3.98. The Kier molecular flexibility index (Phi) is 4.71. The number of amides is 2. The molecular weight excluding hydrogens is 310 g/mol. The zero-order valence-corrected chi connectivity index (χ0v) is 13.7. The molecule has 2 atom stereocenters. The van der Waals surface area contributed by atoms with Crippen molar-refractivity contribution in [3.05, 3.63) is 41.3 Å². The maximum Gasteiger partial charge on any atom is 0.319 e. The van der Waals surface area contributed by atoms with E-state index in [2.05, 4.69) is 15.8 Å². The van der Waals surface area contributed by atoms with Crippen LogP contribution in [0.3, 0.4) is 0 Å². The van der Waals surface area contributed by atoms with Crippen LogP contribution in [0.15, 0.2) is 28.8 Å². The van der Waals surface area contributed by atoms with Gasteiger partial charge in [0.25, 0.3) is 0 Å². The highest BCUT2D eigenvalue weighted by atomic mass is 16.5. The van der Waals surface area contributed by atoms with Gasteiger partial charge in [-0.3, -0.25) is 0 Å². The van der Waals surface area contributed by atoms with E-state index in [1.54, 1.807) is 6.92 Å². The number of anilines is 1. The number of rotatable bonds is 4. The number of benzene rings is 1. The molecule has 0 aliphatic carbocycles. The van der Waals surface area contributed by atoms with E-state index in [9.17, 15) is 9.90 Å². The van der Waals surface area contributed by atoms with Crippen LogP contribution < -0.4 is 15.4 Å². The quantitative estimate of drug-likeness (QED) is 0.799. The molecule has 0 bridgehead atoms. The number of carbonyl (C=O) groups excluding carboxylic acids is 1. The van der Waals surface area contributed by atoms with Crippen LogP contribution in [0.1, 0.15) is 30.0 Å². The normalized spacial score (nSPS) is 19.3. The van der Waals surface area contributed by atoms with Gasteiger partial charge in [0.15, 0.2) is 5.76 Å². The van der Waals surface area contributed by atoms with Gasteiger partial charge in [0, 0.05) is 17.9 Å². The summed E-state index contributed by atoms with van der Waals surface area (Å²) in [6, 6.07) is 6.82. The van der Waals surface area contributed by atoms with Gasteiger partial charge < -0.3 is 25.0 Å². The lowest BCUT2D eigenvalue weighted by molar-refractivity contribution is 0.114. The van der Waals surface area contributed by atoms with Crippen molar-refractivity contribution < 1.29 is 19.2 Å². The molecular formula is C17H21N3O4. The SMILES string of the molecule is CCc1onc(C)c1NC(=O)N[C@@H]1c2ccccc2OC[C@@H]1CO. The van der Waals surface area contributed by atoms with Crippen molar-refractivity contribution >= 4 is 11.7 Å². The van der Waals surface area contributed by atoms with Gasteiger partial charge in [-0.25, -0.2) is 4.79 Å². The fourth-order valence-corrected chi connectivity index (χ4v) is 2.88. The number of hydrogen-bond donors (Lipinski definition) is 3. The number of hydrogen-bond acceptors (Lipinski definition) is 5. The molecule has 1 aromatic carbocycles. The summed E-state index contributed by atoms with van der Waals surface area (Å²) in [5.74, 6) is 1.15. The van der Waals surface area contributed by atoms with Crippen LogP contribution in [0, 0.1) is 12.8 Å². The van der Waals surface area contributed by atoms with Crippen LogP contribution in [-0.4, -0.2) is 29.5 Å². The van der Waals surface area contributed by atoms with E-state index in [-0.39, 0.29) is 24.6 Å². The summed E-state index contributed by atoms with van der Waals surface area (Å²) < 4.78 is 10.8. The maximum absolute atomic E-state index is 12.5. The van der Waals surface area contributed by atoms with Crippen molar-refractivity contribution in [3.8, 4) is 5.75 Å². The van der Waals surface area contributed by atoms with Crippen LogP contribution in [0.2, 0.25) is 0 Å². The maximum atomic E-state index is 12.5. The van der Waals surface area contributed by atoms with Gasteiger partial charge in [-0.15, -0.1) is 0 Å². The first-order valence-corrected chi connectivity index (χ1v) is 7.99. The molecule has 1 aromatic heterocycles. The number of aliphatic hydroxyl groups is 1. The van der Waals surface area contributed by atoms with E-state index in [1.165, 1.54) is 0 Å². The lowest BCUT2D eigenvalue weighted by Crippen LogP contribution is -2.42. The average Bonchev–Trinajstić information content (AvgIpc) is 2.95. The fraction of sp³-hybridized carbons (Fsp3) is 0.412. The van der Waals surface area contributed by atoms with E-state index in [1.807, 2.05) is 31.2 Å². The third-order valence-electron chi connectivity index (χ3n) is 4.19. The van der Waals surface area contributed by atoms with Crippen molar-refractivity contribution in [1.82, 2.24) is 10.5 Å². The van der Waals surface area contributed by atoms with Crippen LogP contribution >= 0.6 is 0 Å². The molecule has 0 saturated carbocycles. The van der Waals surface area contributed by atoms with Crippen LogP contribution in [-0.2, 0) is 6.42 Å². The Morgan fingerprint density at radius 3 is 2.96 bits per heavy atom. The molecule has 2 amide bonds. The molecule has 0 fully saturated rings. The molecule has 7 heteroatoms. The summed E-state index contributed by atoms with van der Waals surface area (Å²) in [7, 11) is 0. The molecule has 0 saturated heterocycles. The van der Waals surface area contributed by atoms with Gasteiger partial charge in [-0.2, -0.15) is 0 Å². The predicted molar refractivity (Wildman–Crippen MR) is 88.0 cm³/mol. The lowest BCUT2D eigenvalue weighted by Gasteiger charge is -2.33. The minimum Gasteiger partial charge on any atom is -0.493 e. The van der Waals surface area contributed by atoms with Gasteiger partial charge in [0.1, 0.15) is 17.1 Å². The molecule has 2 aromatic rings. The molecule has 0 spiro atoms. The Hall–Kier alpha value is -2.54. The first kappa shape index (κ1) is 16.3. The van der Waals surface area contributed by atoms with E-state index < -0.39 is 0 Å². The molecule has 1 aliphatic rings. The first-order chi connectivity index (χ1) is 11.6. The van der Waals surface area contributed by atoms with Gasteiger partial charge in [-0.1, -0.05) is 30.3 Å². The molecule has 3 N–H and O–H groups in total. The van der Waals surface area contributed by atoms with E-state index >= 15 is 0 Å². The summed E-state index contributed by atoms with van der Waals surface area (Å²) in [4.78, 5) is 12.5. The number of aliphatic hydroxyl groups excluding tert-OH is 1. The number of para-hydroxylation sites is 1. The zero-order valence-electron chi connectivity index (χ0n) is 13.7. The number of nitrogens with one attached hydrogen (secondary N) is 2. The molecule has 0 radical (unpaired) electrons. The lowest BCUT2D eigenvalue weighted by atomic mass is 9.91. The first-order valence-electron chi connectivity index (χ1n) is 7.99. The Labute approximate surface area is 140 Å². The van der Waals surface area contributed by atoms with Gasteiger partial charge in [0.05, 0.1) is 19.3 Å². The summed E-state index contributed by atoms with van der Waals surface area (Å²) >= 11 is 0. The van der Waals surface area contributed by atoms with Crippen molar-refractivity contribution in [2.24, 2.45) is 5.92 Å². The van der Waals surface area contributed by atoms with Crippen molar-refractivity contribution in [3.63, 3.8) is 0 Å². The highest BCUT2D eigenvalue weighted by molar-refractivity contribution is 5.90. The van der Waals surface area contributed by atoms with Gasteiger partial charge in [0.2, 0.25) is 0 Å². The second kappa shape index (κ2) is 6.92. The number of carbonyl (C=O) groups is 1. The van der Waals surface area contributed by atoms with E-state index in [4.69, 9.17) is 9.26 Å². The largest absolute Gasteiger partial charge is 0.493 e. The minimum atomic E-state index is -0.365. The van der Waals surface area contributed by atoms with Gasteiger partial charge in [-0.05, 0) is 13.0 Å². The molecule has 1 aliphatic heterocycles. The Morgan fingerprint density at radius 1 is 1.42 bits per heavy atom. The van der Waals surface area contributed by atoms with Crippen molar-refractivity contribution in [2.45, 2.75) is 26.3 Å². The Bertz CT molecular complexity index is 728. The Balaban J connectivity index is 1.78. The number of nitrogens with zero attached hydrogens (tertiary/aromatic N) is 1. The molecule has 7 nitrogen and oxygen atoms in total. The summed E-state index contributed by atoms with van der Waals surface area (Å²) in [5, 5.41) is 19.2. The van der Waals surface area contributed by atoms with E-state index in [0.29, 0.717) is 30.2 Å². The number of aryl methyl sites for hydroxylation is 2. The fourth-order valence-electron chi connectivity index (χ4n) is 2.88. The molecule has 3 rings (SSSR count). The summed E-state index contributed by atoms with van der Waals surface area (Å²) in [6.07, 6.45) is 0.635. The highest BCUT2D eigenvalue weighted by Gasteiger charge is 2.32. The smallest absolute Gasteiger partial charge is 0.319 e. The number of fused-ring (bicyclic) bond motifs is 1. The topological polar surface area (TPSA) is 96.6 Å². The van der Waals surface area contributed by atoms with Gasteiger partial charge >= 0.3 is 6.03 Å². The highest BCUT2D eigenvalue weighted by Crippen LogP contribution is 2.35. The predicted octanol–water partition coefficient (Wildman–Crippen LogP) is 2.41. The third kappa shape index (κ3) is 3.07. The van der Waals surface area contributed by atoms with Crippen LogP contribution in [0.4, 0.5) is 10.5 Å². The second-order valence-electron chi connectivity index (χ2n) is 5.79. The number of aromatic nitrogens is 1. The minimum absolute atomic E-state index is 0.0776. The standard InChI is InChI=1S/C17H21N3O4/c1-3-13-15(10(2)20-24-13)18-17(22)19-16-11(8-21)9-23-14-7-5-4-6-12(14)16/h4-7,11,16,21H,3,8-9H2,1-2H3,(H2,18,19,22)/t11-,16-/m0/s1. The van der Waals surface area contributed by atoms with Crippen LogP contribution in [0.5, 0.6) is 5.75 Å². The molecule has 24 heavy (non-hydrogen) atoms. The average molecular weight is 331 g/mol. The molecule has 2 heterocycles. The van der Waals surface area contributed by atoms with Crippen molar-refractivity contribution in [2.75, 3.05) is 18.5 Å². The van der Waals surface area contributed by atoms with Crippen molar-refractivity contribution in [1.29, 1.82) is 0 Å². The zero-order chi connectivity index (χ0) is 17.1. The number of ether oxygens (including phenoxy) is 1. The Morgan fingerprint density at radius 2 is 2.21 bits per heavy atom. The van der Waals surface area contributed by atoms with E-state index in [0.717, 1.165) is 11.3 Å². The number of urea groups is 1. The molecule has 128 valence electrons. The third-order valence-corrected chi connectivity index (χ3v) is 4.19. The summed E-state index contributed by atoms with van der Waals surface area (Å²) in [5.41, 5.74) is 2.08. The second-order valence-corrected chi connectivity index (χ2v) is 5.79. The monoisotopic (exact) mass is 331 g/mol.